The monoisotopic (exact) mass is 322 g/mol. The summed E-state index contributed by atoms with van der Waals surface area (Å²) in [5.41, 5.74) is 0.631. The Bertz CT molecular complexity index is 478. The van der Waals surface area contributed by atoms with Gasteiger partial charge in [0, 0.05) is 5.56 Å². The molecule has 1 aromatic heterocycles. The van der Waals surface area contributed by atoms with E-state index in [1.54, 1.807) is 17.4 Å². The number of carbonyl (C=O) groups excluding carboxylic acids is 1. The van der Waals surface area contributed by atoms with Crippen LogP contribution in [0.2, 0.25) is 5.02 Å². The minimum Gasteiger partial charge on any atom is -0.298 e. The number of carbonyl (C=O) groups is 1. The summed E-state index contributed by atoms with van der Waals surface area (Å²) in [4.78, 5) is 10.6. The summed E-state index contributed by atoms with van der Waals surface area (Å²) in [6, 6.07) is 5.58. The Labute approximate surface area is 97.8 Å². The number of fused-ring (bicyclic) bond motifs is 1. The summed E-state index contributed by atoms with van der Waals surface area (Å²) < 4.78 is 2.23. The molecule has 1 nitrogen and oxygen atoms in total. The van der Waals surface area contributed by atoms with Crippen molar-refractivity contribution in [3.63, 3.8) is 0 Å². The van der Waals surface area contributed by atoms with Crippen molar-refractivity contribution in [3.05, 3.63) is 31.7 Å². The highest BCUT2D eigenvalue weighted by Gasteiger charge is 2.05. The van der Waals surface area contributed by atoms with Crippen LogP contribution in [0, 0.1) is 2.88 Å². The third-order valence-corrected chi connectivity index (χ3v) is 4.05. The van der Waals surface area contributed by atoms with Crippen molar-refractivity contribution < 1.29 is 4.79 Å². The molecule has 0 unspecified atom stereocenters. The lowest BCUT2D eigenvalue weighted by atomic mass is 10.2. The van der Waals surface area contributed by atoms with E-state index < -0.39 is 0 Å². The van der Waals surface area contributed by atoms with Crippen LogP contribution in [-0.4, -0.2) is 6.29 Å². The second-order valence-electron chi connectivity index (χ2n) is 2.59. The molecule has 0 atom stereocenters. The predicted molar refractivity (Wildman–Crippen MR) is 64.9 cm³/mol. The molecular weight excluding hydrogens is 319 g/mol. The number of thiophene rings is 1. The number of aldehydes is 1. The lowest BCUT2D eigenvalue weighted by Crippen LogP contribution is -1.77. The molecule has 66 valence electrons. The Hall–Kier alpha value is -0.130. The molecule has 2 aromatic rings. The van der Waals surface area contributed by atoms with E-state index in [-0.39, 0.29) is 0 Å². The van der Waals surface area contributed by atoms with E-state index in [2.05, 4.69) is 22.6 Å². The molecule has 0 N–H and O–H groups in total. The molecule has 1 heterocycles. The summed E-state index contributed by atoms with van der Waals surface area (Å²) in [6.45, 7) is 0. The first-order valence-electron chi connectivity index (χ1n) is 3.54. The predicted octanol–water partition coefficient (Wildman–Crippen LogP) is 3.97. The van der Waals surface area contributed by atoms with Crippen LogP contribution < -0.4 is 0 Å². The van der Waals surface area contributed by atoms with E-state index in [9.17, 15) is 4.79 Å². The highest BCUT2D eigenvalue weighted by Crippen LogP contribution is 2.33. The smallest absolute Gasteiger partial charge is 0.150 e. The van der Waals surface area contributed by atoms with Gasteiger partial charge in [0.05, 0.1) is 12.6 Å². The summed E-state index contributed by atoms with van der Waals surface area (Å²) in [7, 11) is 0. The van der Waals surface area contributed by atoms with Gasteiger partial charge in [0.25, 0.3) is 0 Å². The minimum absolute atomic E-state index is 0.631. The largest absolute Gasteiger partial charge is 0.298 e. The number of benzene rings is 1. The van der Waals surface area contributed by atoms with Gasteiger partial charge in [0.15, 0.2) is 0 Å². The second-order valence-corrected chi connectivity index (χ2v) is 5.94. The topological polar surface area (TPSA) is 17.1 Å². The number of halogens is 2. The van der Waals surface area contributed by atoms with E-state index in [0.29, 0.717) is 10.6 Å². The minimum atomic E-state index is 0.631. The molecule has 0 saturated carbocycles. The molecule has 0 aliphatic rings. The van der Waals surface area contributed by atoms with Gasteiger partial charge >= 0.3 is 0 Å². The molecule has 0 fully saturated rings. The van der Waals surface area contributed by atoms with Crippen LogP contribution >= 0.6 is 45.5 Å². The molecule has 0 amide bonds. The van der Waals surface area contributed by atoms with Crippen molar-refractivity contribution >= 4 is 61.9 Å². The lowest BCUT2D eigenvalue weighted by Gasteiger charge is -1.94. The van der Waals surface area contributed by atoms with Crippen molar-refractivity contribution in [1.82, 2.24) is 0 Å². The van der Waals surface area contributed by atoms with E-state index in [0.717, 1.165) is 16.4 Å². The van der Waals surface area contributed by atoms with Crippen LogP contribution in [0.4, 0.5) is 0 Å². The standard InChI is InChI=1S/C9H4ClIOS/c10-7-2-5(4-12)1-6-3-8(11)13-9(6)7/h1-4H. The maximum atomic E-state index is 10.6. The Morgan fingerprint density at radius 1 is 1.38 bits per heavy atom. The van der Waals surface area contributed by atoms with E-state index in [1.807, 2.05) is 12.1 Å². The van der Waals surface area contributed by atoms with Crippen molar-refractivity contribution in [2.45, 2.75) is 0 Å². The highest BCUT2D eigenvalue weighted by molar-refractivity contribution is 14.1. The van der Waals surface area contributed by atoms with Gasteiger partial charge in [0.1, 0.15) is 6.29 Å². The van der Waals surface area contributed by atoms with Crippen LogP contribution in [0.15, 0.2) is 18.2 Å². The van der Waals surface area contributed by atoms with E-state index >= 15 is 0 Å². The first-order valence-corrected chi connectivity index (χ1v) is 5.82. The SMILES string of the molecule is O=Cc1cc(Cl)c2sc(I)cc2c1. The fourth-order valence-corrected chi connectivity index (χ4v) is 3.29. The Morgan fingerprint density at radius 2 is 2.15 bits per heavy atom. The molecule has 4 heteroatoms. The zero-order chi connectivity index (χ0) is 9.42. The molecule has 0 saturated heterocycles. The summed E-state index contributed by atoms with van der Waals surface area (Å²) in [5.74, 6) is 0. The molecule has 0 spiro atoms. The first kappa shape index (κ1) is 9.43. The van der Waals surface area contributed by atoms with Crippen molar-refractivity contribution in [2.24, 2.45) is 0 Å². The van der Waals surface area contributed by atoms with Gasteiger partial charge in [-0.05, 0) is 46.2 Å². The maximum Gasteiger partial charge on any atom is 0.150 e. The van der Waals surface area contributed by atoms with Gasteiger partial charge in [-0.3, -0.25) is 4.79 Å². The molecule has 0 radical (unpaired) electrons. The van der Waals surface area contributed by atoms with Crippen molar-refractivity contribution in [1.29, 1.82) is 0 Å². The molecule has 2 rings (SSSR count). The van der Waals surface area contributed by atoms with Gasteiger partial charge in [-0.1, -0.05) is 11.6 Å². The summed E-state index contributed by atoms with van der Waals surface area (Å²) in [5, 5.41) is 1.71. The molecule has 13 heavy (non-hydrogen) atoms. The second kappa shape index (κ2) is 3.55. The summed E-state index contributed by atoms with van der Waals surface area (Å²) in [6.07, 6.45) is 0.815. The van der Waals surface area contributed by atoms with Gasteiger partial charge < -0.3 is 0 Å². The van der Waals surface area contributed by atoms with Crippen LogP contribution in [0.25, 0.3) is 10.1 Å². The fourth-order valence-electron chi connectivity index (χ4n) is 1.17. The first-order chi connectivity index (χ1) is 6.20. The van der Waals surface area contributed by atoms with E-state index in [1.165, 1.54) is 2.88 Å². The van der Waals surface area contributed by atoms with Crippen LogP contribution in [-0.2, 0) is 0 Å². The number of rotatable bonds is 1. The average Bonchev–Trinajstić information content (AvgIpc) is 2.46. The molecular formula is C9H4ClIOS. The highest BCUT2D eigenvalue weighted by atomic mass is 127. The van der Waals surface area contributed by atoms with Crippen molar-refractivity contribution in [2.75, 3.05) is 0 Å². The average molecular weight is 323 g/mol. The molecule has 0 aliphatic carbocycles. The van der Waals surface area contributed by atoms with E-state index in [4.69, 9.17) is 11.6 Å². The zero-order valence-corrected chi connectivity index (χ0v) is 10.1. The zero-order valence-electron chi connectivity index (χ0n) is 6.38. The Morgan fingerprint density at radius 3 is 2.85 bits per heavy atom. The normalized spacial score (nSPS) is 10.6. The third-order valence-electron chi connectivity index (χ3n) is 1.70. The summed E-state index contributed by atoms with van der Waals surface area (Å²) >= 11 is 9.88. The number of hydrogen-bond acceptors (Lipinski definition) is 2. The molecule has 0 aliphatic heterocycles. The Balaban J connectivity index is 2.82. The van der Waals surface area contributed by atoms with Crippen molar-refractivity contribution in [3.8, 4) is 0 Å². The van der Waals surface area contributed by atoms with Gasteiger partial charge in [0.2, 0.25) is 0 Å². The molecule has 1 aromatic carbocycles. The third kappa shape index (κ3) is 1.73. The number of hydrogen-bond donors (Lipinski definition) is 0. The Kier molecular flexibility index (Phi) is 2.58. The van der Waals surface area contributed by atoms with Crippen LogP contribution in [0.3, 0.4) is 0 Å². The van der Waals surface area contributed by atoms with Crippen LogP contribution in [0.5, 0.6) is 0 Å². The lowest BCUT2D eigenvalue weighted by molar-refractivity contribution is 0.112. The maximum absolute atomic E-state index is 10.6. The quantitative estimate of drug-likeness (QED) is 0.573. The fraction of sp³-hybridized carbons (Fsp3) is 0. The van der Waals surface area contributed by atoms with Crippen LogP contribution in [0.1, 0.15) is 10.4 Å². The molecule has 0 bridgehead atoms. The van der Waals surface area contributed by atoms with Gasteiger partial charge in [-0.15, -0.1) is 11.3 Å². The van der Waals surface area contributed by atoms with Gasteiger partial charge in [-0.2, -0.15) is 0 Å². The van der Waals surface area contributed by atoms with Gasteiger partial charge in [-0.25, -0.2) is 0 Å².